The minimum absolute atomic E-state index is 0.0422. The van der Waals surface area contributed by atoms with Crippen LogP contribution in [0, 0.1) is 0 Å². The number of carbonyl (C=O) groups is 1. The van der Waals surface area contributed by atoms with Crippen LogP contribution in [-0.2, 0) is 20.8 Å². The van der Waals surface area contributed by atoms with Gasteiger partial charge < -0.3 is 15.2 Å². The van der Waals surface area contributed by atoms with Gasteiger partial charge in [0, 0.05) is 13.3 Å². The maximum Gasteiger partial charge on any atom is 0.329 e. The number of nitrogens with two attached hydrogens (primary N) is 1. The van der Waals surface area contributed by atoms with Crippen molar-refractivity contribution >= 4 is 11.8 Å². The molecule has 2 N–H and O–H groups in total. The molecule has 0 saturated heterocycles. The zero-order valence-electron chi connectivity index (χ0n) is 7.27. The van der Waals surface area contributed by atoms with Crippen molar-refractivity contribution in [1.29, 1.82) is 0 Å². The molecule has 0 radical (unpaired) electrons. The van der Waals surface area contributed by atoms with Gasteiger partial charge in [0.2, 0.25) is 0 Å². The Hall–Kier alpha value is -1.56. The molecule has 0 spiro atoms. The van der Waals surface area contributed by atoms with Crippen molar-refractivity contribution in [2.45, 2.75) is 6.54 Å². The fourth-order valence-corrected chi connectivity index (χ4v) is 0.768. The fraction of sp³-hybridized carbons (Fsp3) is 0.429. The predicted molar refractivity (Wildman–Crippen MR) is 44.6 cm³/mol. The van der Waals surface area contributed by atoms with Crippen molar-refractivity contribution in [3.63, 3.8) is 0 Å². The van der Waals surface area contributed by atoms with E-state index in [0.717, 1.165) is 0 Å². The van der Waals surface area contributed by atoms with Gasteiger partial charge in [0.15, 0.2) is 6.79 Å². The lowest BCUT2D eigenvalue weighted by Gasteiger charge is -2.02. The molecule has 0 aromatic carbocycles. The number of hydrogen-bond acceptors (Lipinski definition) is 5. The highest BCUT2D eigenvalue weighted by atomic mass is 16.7. The first-order valence-electron chi connectivity index (χ1n) is 3.66. The molecule has 72 valence electrons. The van der Waals surface area contributed by atoms with Gasteiger partial charge in [-0.3, -0.25) is 4.68 Å². The summed E-state index contributed by atoms with van der Waals surface area (Å²) < 4.78 is 10.6. The fourth-order valence-electron chi connectivity index (χ4n) is 0.768. The summed E-state index contributed by atoms with van der Waals surface area (Å²) in [6, 6.07) is 1.60. The van der Waals surface area contributed by atoms with Crippen LogP contribution in [-0.4, -0.2) is 29.7 Å². The van der Waals surface area contributed by atoms with E-state index in [1.54, 1.807) is 12.3 Å². The van der Waals surface area contributed by atoms with Gasteiger partial charge >= 0.3 is 5.97 Å². The molecule has 0 bridgehead atoms. The largest absolute Gasteiger partial charge is 0.437 e. The molecule has 0 amide bonds. The number of nitrogen functional groups attached to an aromatic ring is 1. The van der Waals surface area contributed by atoms with E-state index >= 15 is 0 Å². The van der Waals surface area contributed by atoms with E-state index < -0.39 is 5.97 Å². The second-order valence-corrected chi connectivity index (χ2v) is 2.36. The second-order valence-electron chi connectivity index (χ2n) is 2.36. The summed E-state index contributed by atoms with van der Waals surface area (Å²) in [6.45, 7) is -0.00383. The first-order valence-corrected chi connectivity index (χ1v) is 3.66. The lowest BCUT2D eigenvalue weighted by atomic mass is 10.6. The van der Waals surface area contributed by atoms with Gasteiger partial charge in [0.05, 0.1) is 0 Å². The molecule has 1 aromatic rings. The van der Waals surface area contributed by atoms with Gasteiger partial charge in [-0.2, -0.15) is 5.10 Å². The summed E-state index contributed by atoms with van der Waals surface area (Å²) >= 11 is 0. The summed E-state index contributed by atoms with van der Waals surface area (Å²) in [5, 5.41) is 3.81. The smallest absolute Gasteiger partial charge is 0.329 e. The van der Waals surface area contributed by atoms with Crippen LogP contribution in [0.5, 0.6) is 0 Å². The topological polar surface area (TPSA) is 79.4 Å². The number of aromatic nitrogens is 2. The summed E-state index contributed by atoms with van der Waals surface area (Å²) in [5.74, 6) is -0.0375. The van der Waals surface area contributed by atoms with Gasteiger partial charge in [-0.15, -0.1) is 0 Å². The number of hydrogen-bond donors (Lipinski definition) is 1. The highest BCUT2D eigenvalue weighted by Gasteiger charge is 2.04. The molecular weight excluding hydrogens is 174 g/mol. The van der Waals surface area contributed by atoms with Crippen molar-refractivity contribution in [2.24, 2.45) is 0 Å². The normalized spacial score (nSPS) is 9.92. The Balaban J connectivity index is 2.36. The van der Waals surface area contributed by atoms with Crippen molar-refractivity contribution < 1.29 is 14.3 Å². The second kappa shape index (κ2) is 4.46. The van der Waals surface area contributed by atoms with E-state index in [-0.39, 0.29) is 13.3 Å². The molecule has 1 rings (SSSR count). The molecule has 0 fully saturated rings. The number of rotatable bonds is 4. The van der Waals surface area contributed by atoms with Gasteiger partial charge in [-0.25, -0.2) is 4.79 Å². The quantitative estimate of drug-likeness (QED) is 0.510. The van der Waals surface area contributed by atoms with E-state index in [2.05, 4.69) is 14.6 Å². The molecule has 6 heteroatoms. The lowest BCUT2D eigenvalue weighted by Crippen LogP contribution is -2.15. The number of methoxy groups -OCH3 is 1. The Morgan fingerprint density at radius 2 is 2.54 bits per heavy atom. The molecule has 0 aliphatic rings. The molecule has 13 heavy (non-hydrogen) atoms. The Labute approximate surface area is 75.2 Å². The maximum atomic E-state index is 11.0. The van der Waals surface area contributed by atoms with Gasteiger partial charge in [0.25, 0.3) is 0 Å². The Morgan fingerprint density at radius 1 is 1.77 bits per heavy atom. The Morgan fingerprint density at radius 3 is 3.08 bits per heavy atom. The van der Waals surface area contributed by atoms with Crippen LogP contribution in [0.2, 0.25) is 0 Å². The molecule has 0 unspecified atom stereocenters. The third kappa shape index (κ3) is 3.12. The van der Waals surface area contributed by atoms with Crippen LogP contribution in [0.3, 0.4) is 0 Å². The molecule has 0 aliphatic heterocycles. The number of anilines is 1. The maximum absolute atomic E-state index is 11.0. The van der Waals surface area contributed by atoms with Crippen LogP contribution in [0.15, 0.2) is 12.3 Å². The molecule has 6 nitrogen and oxygen atoms in total. The monoisotopic (exact) mass is 185 g/mol. The molecule has 0 aliphatic carbocycles. The van der Waals surface area contributed by atoms with E-state index in [0.29, 0.717) is 5.82 Å². The number of nitrogens with zero attached hydrogens (tertiary/aromatic N) is 2. The Bertz CT molecular complexity index is 284. The van der Waals surface area contributed by atoms with Gasteiger partial charge in [-0.05, 0) is 6.07 Å². The summed E-state index contributed by atoms with van der Waals surface area (Å²) in [7, 11) is 1.44. The van der Waals surface area contributed by atoms with Crippen molar-refractivity contribution in [2.75, 3.05) is 19.6 Å². The zero-order valence-corrected chi connectivity index (χ0v) is 7.27. The highest BCUT2D eigenvalue weighted by Crippen LogP contribution is 1.95. The standard InChI is InChI=1S/C7H11N3O3/c1-12-5-13-7(11)4-10-3-2-6(8)9-10/h2-3H,4-5H2,1H3,(H2,8,9). The van der Waals surface area contributed by atoms with Crippen LogP contribution in [0.25, 0.3) is 0 Å². The number of esters is 1. The molecule has 1 heterocycles. The van der Waals surface area contributed by atoms with E-state index in [1.165, 1.54) is 11.8 Å². The first-order chi connectivity index (χ1) is 6.22. The number of carbonyl (C=O) groups excluding carboxylic acids is 1. The third-order valence-corrected chi connectivity index (χ3v) is 1.29. The molecular formula is C7H11N3O3. The Kier molecular flexibility index (Phi) is 3.27. The SMILES string of the molecule is COCOC(=O)Cn1ccc(N)n1. The predicted octanol–water partition coefficient (Wildman–Crippen LogP) is -0.388. The van der Waals surface area contributed by atoms with E-state index in [9.17, 15) is 4.79 Å². The molecule has 0 saturated carbocycles. The van der Waals surface area contributed by atoms with E-state index in [4.69, 9.17) is 5.73 Å². The minimum atomic E-state index is -0.412. The van der Waals surface area contributed by atoms with E-state index in [1.807, 2.05) is 0 Å². The summed E-state index contributed by atoms with van der Waals surface area (Å²) in [6.07, 6.45) is 1.60. The lowest BCUT2D eigenvalue weighted by molar-refractivity contribution is -0.154. The average molecular weight is 185 g/mol. The van der Waals surface area contributed by atoms with Crippen LogP contribution in [0.1, 0.15) is 0 Å². The van der Waals surface area contributed by atoms with Crippen LogP contribution < -0.4 is 5.73 Å². The third-order valence-electron chi connectivity index (χ3n) is 1.29. The molecule has 1 aromatic heterocycles. The summed E-state index contributed by atoms with van der Waals surface area (Å²) in [4.78, 5) is 11.0. The van der Waals surface area contributed by atoms with Gasteiger partial charge in [0.1, 0.15) is 12.4 Å². The number of ether oxygens (including phenoxy) is 2. The highest BCUT2D eigenvalue weighted by molar-refractivity contribution is 5.68. The minimum Gasteiger partial charge on any atom is -0.437 e. The van der Waals surface area contributed by atoms with Crippen molar-refractivity contribution in [1.82, 2.24) is 9.78 Å². The average Bonchev–Trinajstić information content (AvgIpc) is 2.48. The van der Waals surface area contributed by atoms with Crippen LogP contribution in [0.4, 0.5) is 5.82 Å². The zero-order chi connectivity index (χ0) is 9.68. The first kappa shape index (κ1) is 9.53. The van der Waals surface area contributed by atoms with Crippen LogP contribution >= 0.6 is 0 Å². The van der Waals surface area contributed by atoms with Crippen molar-refractivity contribution in [3.8, 4) is 0 Å². The molecule has 0 atom stereocenters. The summed E-state index contributed by atoms with van der Waals surface area (Å²) in [5.41, 5.74) is 5.35. The van der Waals surface area contributed by atoms with Crippen molar-refractivity contribution in [3.05, 3.63) is 12.3 Å². The van der Waals surface area contributed by atoms with Gasteiger partial charge in [-0.1, -0.05) is 0 Å².